The van der Waals surface area contributed by atoms with E-state index >= 15 is 0 Å². The van der Waals surface area contributed by atoms with E-state index in [0.29, 0.717) is 16.6 Å². The van der Waals surface area contributed by atoms with Gasteiger partial charge in [-0.2, -0.15) is 0 Å². The summed E-state index contributed by atoms with van der Waals surface area (Å²) in [6.45, 7) is 7.94. The molecule has 0 spiro atoms. The number of thiocarbonyl (C=S) groups is 1. The zero-order valence-corrected chi connectivity index (χ0v) is 13.2. The van der Waals surface area contributed by atoms with Crippen molar-refractivity contribution >= 4 is 40.5 Å². The molecule has 19 heavy (non-hydrogen) atoms. The lowest BCUT2D eigenvalue weighted by atomic mass is 9.92. The fourth-order valence-electron chi connectivity index (χ4n) is 1.57. The third-order valence-electron chi connectivity index (χ3n) is 2.38. The highest BCUT2D eigenvalue weighted by molar-refractivity contribution is 7.80. The van der Waals surface area contributed by atoms with Crippen LogP contribution in [0.25, 0.3) is 0 Å². The topological polar surface area (TPSA) is 41.1 Å². The Morgan fingerprint density at radius 1 is 1.37 bits per heavy atom. The van der Waals surface area contributed by atoms with Gasteiger partial charge in [-0.25, -0.2) is 0 Å². The first-order valence-corrected chi connectivity index (χ1v) is 6.83. The zero-order valence-electron chi connectivity index (χ0n) is 11.6. The van der Waals surface area contributed by atoms with Crippen molar-refractivity contribution in [2.45, 2.75) is 34.1 Å². The highest BCUT2D eigenvalue weighted by Crippen LogP contribution is 2.20. The molecule has 1 aromatic carbocycles. The normalized spacial score (nSPS) is 11.0. The summed E-state index contributed by atoms with van der Waals surface area (Å²) in [5, 5.41) is 6.65. The van der Waals surface area contributed by atoms with Crippen LogP contribution in [0.2, 0.25) is 5.02 Å². The molecule has 1 rings (SSSR count). The van der Waals surface area contributed by atoms with E-state index in [2.05, 4.69) is 10.6 Å². The van der Waals surface area contributed by atoms with E-state index in [4.69, 9.17) is 23.8 Å². The third kappa shape index (κ3) is 6.03. The van der Waals surface area contributed by atoms with Crippen molar-refractivity contribution in [3.05, 3.63) is 28.8 Å². The Kier molecular flexibility index (Phi) is 5.32. The molecule has 0 radical (unpaired) electrons. The maximum absolute atomic E-state index is 11.7. The summed E-state index contributed by atoms with van der Waals surface area (Å²) < 4.78 is 0. The maximum atomic E-state index is 11.7. The minimum atomic E-state index is -0.0865. The highest BCUT2D eigenvalue weighted by Gasteiger charge is 2.16. The van der Waals surface area contributed by atoms with Gasteiger partial charge in [-0.15, -0.1) is 0 Å². The number of halogens is 1. The molecule has 0 fully saturated rings. The van der Waals surface area contributed by atoms with Crippen LogP contribution in [0.1, 0.15) is 32.8 Å². The van der Waals surface area contributed by atoms with Gasteiger partial charge in [0, 0.05) is 17.1 Å². The molecule has 0 aliphatic rings. The van der Waals surface area contributed by atoms with Gasteiger partial charge in [-0.05, 0) is 48.3 Å². The van der Waals surface area contributed by atoms with Gasteiger partial charge in [0.1, 0.15) is 0 Å². The van der Waals surface area contributed by atoms with E-state index in [-0.39, 0.29) is 11.3 Å². The summed E-state index contributed by atoms with van der Waals surface area (Å²) >= 11 is 11.0. The molecule has 1 aromatic rings. The van der Waals surface area contributed by atoms with Crippen molar-refractivity contribution in [2.75, 3.05) is 5.32 Å². The summed E-state index contributed by atoms with van der Waals surface area (Å²) in [5.74, 6) is -0.0865. The molecule has 0 saturated heterocycles. The largest absolute Gasteiger partial charge is 0.332 e. The van der Waals surface area contributed by atoms with Crippen LogP contribution in [0.3, 0.4) is 0 Å². The van der Waals surface area contributed by atoms with Crippen molar-refractivity contribution in [3.8, 4) is 0 Å². The first kappa shape index (κ1) is 15.9. The number of aryl methyl sites for hydroxylation is 1. The Hall–Kier alpha value is -1.13. The van der Waals surface area contributed by atoms with Gasteiger partial charge in [-0.3, -0.25) is 4.79 Å². The van der Waals surface area contributed by atoms with E-state index in [1.807, 2.05) is 39.8 Å². The third-order valence-corrected chi connectivity index (χ3v) is 2.82. The smallest absolute Gasteiger partial charge is 0.226 e. The van der Waals surface area contributed by atoms with Gasteiger partial charge >= 0.3 is 0 Å². The van der Waals surface area contributed by atoms with Crippen molar-refractivity contribution in [1.82, 2.24) is 5.32 Å². The quantitative estimate of drug-likeness (QED) is 0.814. The van der Waals surface area contributed by atoms with Crippen LogP contribution in [0.15, 0.2) is 18.2 Å². The number of anilines is 1. The highest BCUT2D eigenvalue weighted by atomic mass is 35.5. The van der Waals surface area contributed by atoms with Crippen LogP contribution in [-0.2, 0) is 4.79 Å². The van der Waals surface area contributed by atoms with Gasteiger partial charge in [0.05, 0.1) is 0 Å². The first-order valence-electron chi connectivity index (χ1n) is 6.04. The molecule has 2 N–H and O–H groups in total. The molecule has 3 nitrogen and oxygen atoms in total. The van der Waals surface area contributed by atoms with Gasteiger partial charge in [0.25, 0.3) is 0 Å². The fourth-order valence-corrected chi connectivity index (χ4v) is 2.02. The van der Waals surface area contributed by atoms with Crippen LogP contribution in [0.4, 0.5) is 5.69 Å². The molecule has 0 saturated carbocycles. The molecule has 0 aliphatic heterocycles. The van der Waals surface area contributed by atoms with Crippen molar-refractivity contribution in [2.24, 2.45) is 5.41 Å². The Balaban J connectivity index is 2.58. The van der Waals surface area contributed by atoms with E-state index in [1.165, 1.54) is 0 Å². The molecule has 0 atom stereocenters. The van der Waals surface area contributed by atoms with E-state index in [0.717, 1.165) is 11.3 Å². The Bertz CT molecular complexity index is 495. The Labute approximate surface area is 124 Å². The minimum Gasteiger partial charge on any atom is -0.332 e. The SMILES string of the molecule is Cc1cc(Cl)ccc1NC(=S)NC(=O)CC(C)(C)C. The molecule has 1 amide bonds. The van der Waals surface area contributed by atoms with Crippen LogP contribution in [-0.4, -0.2) is 11.0 Å². The summed E-state index contributed by atoms with van der Waals surface area (Å²) in [6, 6.07) is 5.44. The number of hydrogen-bond donors (Lipinski definition) is 2. The molecule has 0 unspecified atom stereocenters. The fraction of sp³-hybridized carbons (Fsp3) is 0.429. The van der Waals surface area contributed by atoms with Gasteiger partial charge in [0.2, 0.25) is 5.91 Å². The second-order valence-corrected chi connectivity index (χ2v) is 6.54. The minimum absolute atomic E-state index is 0.0596. The molecule has 0 bridgehead atoms. The predicted octanol–water partition coefficient (Wildman–Crippen LogP) is 3.90. The monoisotopic (exact) mass is 298 g/mol. The van der Waals surface area contributed by atoms with Gasteiger partial charge < -0.3 is 10.6 Å². The molecular formula is C14H19ClN2OS. The maximum Gasteiger partial charge on any atom is 0.226 e. The second-order valence-electron chi connectivity index (χ2n) is 5.70. The standard InChI is InChI=1S/C14H19ClN2OS/c1-9-7-10(15)5-6-11(9)16-13(19)17-12(18)8-14(2,3)4/h5-7H,8H2,1-4H3,(H2,16,17,18,19). The van der Waals surface area contributed by atoms with E-state index in [1.54, 1.807) is 6.07 Å². The summed E-state index contributed by atoms with van der Waals surface area (Å²) in [5.41, 5.74) is 1.75. The Morgan fingerprint density at radius 3 is 2.53 bits per heavy atom. The van der Waals surface area contributed by atoms with Crippen molar-refractivity contribution < 1.29 is 4.79 Å². The molecule has 104 valence electrons. The molecule has 5 heteroatoms. The molecule has 0 heterocycles. The zero-order chi connectivity index (χ0) is 14.6. The van der Waals surface area contributed by atoms with Crippen LogP contribution >= 0.6 is 23.8 Å². The van der Waals surface area contributed by atoms with Gasteiger partial charge in [0.15, 0.2) is 5.11 Å². The number of carbonyl (C=O) groups excluding carboxylic acids is 1. The summed E-state index contributed by atoms with van der Waals surface area (Å²) in [4.78, 5) is 11.7. The number of amides is 1. The van der Waals surface area contributed by atoms with Gasteiger partial charge in [-0.1, -0.05) is 32.4 Å². The average Bonchev–Trinajstić information content (AvgIpc) is 2.19. The number of benzene rings is 1. The van der Waals surface area contributed by atoms with Crippen molar-refractivity contribution in [1.29, 1.82) is 0 Å². The predicted molar refractivity (Wildman–Crippen MR) is 84.6 cm³/mol. The number of hydrogen-bond acceptors (Lipinski definition) is 2. The lowest BCUT2D eigenvalue weighted by Crippen LogP contribution is -2.36. The van der Waals surface area contributed by atoms with E-state index < -0.39 is 0 Å². The number of rotatable bonds is 2. The summed E-state index contributed by atoms with van der Waals surface area (Å²) in [6.07, 6.45) is 0.425. The Morgan fingerprint density at radius 2 is 2.00 bits per heavy atom. The summed E-state index contributed by atoms with van der Waals surface area (Å²) in [7, 11) is 0. The van der Waals surface area contributed by atoms with E-state index in [9.17, 15) is 4.79 Å². The number of nitrogens with one attached hydrogen (secondary N) is 2. The second kappa shape index (κ2) is 6.35. The lowest BCUT2D eigenvalue weighted by molar-refractivity contribution is -0.121. The molecule has 0 aliphatic carbocycles. The van der Waals surface area contributed by atoms with Crippen LogP contribution in [0, 0.1) is 12.3 Å². The van der Waals surface area contributed by atoms with Crippen LogP contribution in [0.5, 0.6) is 0 Å². The average molecular weight is 299 g/mol. The molecular weight excluding hydrogens is 280 g/mol. The number of carbonyl (C=O) groups is 1. The first-order chi connectivity index (χ1) is 8.67. The molecule has 0 aromatic heterocycles. The lowest BCUT2D eigenvalue weighted by Gasteiger charge is -2.18. The van der Waals surface area contributed by atoms with Crippen LogP contribution < -0.4 is 10.6 Å². The van der Waals surface area contributed by atoms with Crippen molar-refractivity contribution in [3.63, 3.8) is 0 Å².